The van der Waals surface area contributed by atoms with Crippen molar-refractivity contribution in [3.63, 3.8) is 0 Å². The molecule has 6 rings (SSSR count). The lowest BCUT2D eigenvalue weighted by Crippen LogP contribution is -2.53. The van der Waals surface area contributed by atoms with Gasteiger partial charge in [0.2, 0.25) is 6.17 Å². The third kappa shape index (κ3) is 5.55. The molecule has 0 fully saturated rings. The van der Waals surface area contributed by atoms with Gasteiger partial charge in [0.1, 0.15) is 6.61 Å². The SMILES string of the molecule is O=C(Nc1ccc(Cl)cc1)NC1N=C(c2ccccc2)c2cccc3c2N(CCN3C(=O)OCc2ccccc2)C1=O. The van der Waals surface area contributed by atoms with E-state index in [1.165, 1.54) is 4.90 Å². The highest BCUT2D eigenvalue weighted by atomic mass is 35.5. The van der Waals surface area contributed by atoms with Gasteiger partial charge in [-0.15, -0.1) is 0 Å². The van der Waals surface area contributed by atoms with Crippen LogP contribution in [0, 0.1) is 0 Å². The zero-order valence-corrected chi connectivity index (χ0v) is 23.1. The Kier molecular flexibility index (Phi) is 7.57. The average molecular weight is 580 g/mol. The van der Waals surface area contributed by atoms with Crippen LogP contribution in [-0.4, -0.2) is 43.0 Å². The predicted octanol–water partition coefficient (Wildman–Crippen LogP) is 5.83. The quantitative estimate of drug-likeness (QED) is 0.310. The van der Waals surface area contributed by atoms with E-state index in [2.05, 4.69) is 10.6 Å². The van der Waals surface area contributed by atoms with Gasteiger partial charge in [0.25, 0.3) is 5.91 Å². The van der Waals surface area contributed by atoms with E-state index >= 15 is 0 Å². The Labute approximate surface area is 247 Å². The molecular weight excluding hydrogens is 554 g/mol. The maximum atomic E-state index is 13.9. The van der Waals surface area contributed by atoms with Crippen LogP contribution in [0.15, 0.2) is 108 Å². The molecule has 0 spiro atoms. The van der Waals surface area contributed by atoms with Crippen LogP contribution in [0.4, 0.5) is 26.7 Å². The molecule has 1 unspecified atom stereocenters. The van der Waals surface area contributed by atoms with E-state index in [1.807, 2.05) is 72.8 Å². The molecule has 0 saturated heterocycles. The number of anilines is 3. The number of carbonyl (C=O) groups excluding carboxylic acids is 3. The summed E-state index contributed by atoms with van der Waals surface area (Å²) in [7, 11) is 0. The van der Waals surface area contributed by atoms with Gasteiger partial charge in [-0.05, 0) is 35.9 Å². The van der Waals surface area contributed by atoms with Gasteiger partial charge in [-0.2, -0.15) is 0 Å². The van der Waals surface area contributed by atoms with Crippen LogP contribution >= 0.6 is 11.6 Å². The first-order valence-corrected chi connectivity index (χ1v) is 13.7. The Morgan fingerprint density at radius 2 is 1.60 bits per heavy atom. The number of carbonyl (C=O) groups is 3. The number of nitrogens with zero attached hydrogens (tertiary/aromatic N) is 3. The third-order valence-corrected chi connectivity index (χ3v) is 7.23. The molecule has 4 aromatic carbocycles. The van der Waals surface area contributed by atoms with E-state index < -0.39 is 24.2 Å². The molecule has 2 heterocycles. The van der Waals surface area contributed by atoms with Crippen LogP contribution in [0.2, 0.25) is 5.02 Å². The van der Waals surface area contributed by atoms with E-state index in [0.717, 1.165) is 11.1 Å². The molecule has 10 heteroatoms. The third-order valence-electron chi connectivity index (χ3n) is 6.98. The first kappa shape index (κ1) is 27.0. The van der Waals surface area contributed by atoms with Crippen molar-refractivity contribution < 1.29 is 19.1 Å². The summed E-state index contributed by atoms with van der Waals surface area (Å²) < 4.78 is 5.64. The molecule has 0 aliphatic carbocycles. The van der Waals surface area contributed by atoms with E-state index in [-0.39, 0.29) is 19.7 Å². The maximum Gasteiger partial charge on any atom is 0.414 e. The summed E-state index contributed by atoms with van der Waals surface area (Å²) in [5.41, 5.74) is 4.38. The lowest BCUT2D eigenvalue weighted by Gasteiger charge is -2.37. The van der Waals surface area contributed by atoms with Crippen LogP contribution in [0.25, 0.3) is 0 Å². The molecule has 1 atom stereocenters. The minimum absolute atomic E-state index is 0.124. The predicted molar refractivity (Wildman–Crippen MR) is 162 cm³/mol. The fourth-order valence-corrected chi connectivity index (χ4v) is 5.14. The molecule has 9 nitrogen and oxygen atoms in total. The molecule has 0 saturated carbocycles. The van der Waals surface area contributed by atoms with E-state index in [4.69, 9.17) is 21.3 Å². The Hall–Kier alpha value is -5.15. The normalized spacial score (nSPS) is 15.7. The smallest absolute Gasteiger partial charge is 0.414 e. The number of amides is 4. The number of halogens is 1. The number of hydrogen-bond donors (Lipinski definition) is 2. The summed E-state index contributed by atoms with van der Waals surface area (Å²) in [5.74, 6) is -0.418. The van der Waals surface area contributed by atoms with Crippen molar-refractivity contribution in [3.05, 3.63) is 125 Å². The number of urea groups is 1. The molecular formula is C32H26ClN5O4. The second kappa shape index (κ2) is 11.8. The van der Waals surface area contributed by atoms with Crippen molar-refractivity contribution in [2.24, 2.45) is 4.99 Å². The van der Waals surface area contributed by atoms with Gasteiger partial charge >= 0.3 is 12.1 Å². The van der Waals surface area contributed by atoms with Crippen LogP contribution in [0.1, 0.15) is 16.7 Å². The average Bonchev–Trinajstić information content (AvgIpc) is 3.13. The number of benzene rings is 4. The minimum atomic E-state index is -1.22. The monoisotopic (exact) mass is 579 g/mol. The largest absolute Gasteiger partial charge is 0.444 e. The lowest BCUT2D eigenvalue weighted by molar-refractivity contribution is -0.120. The summed E-state index contributed by atoms with van der Waals surface area (Å²) >= 11 is 5.96. The number of rotatable bonds is 5. The molecule has 0 aromatic heterocycles. The summed E-state index contributed by atoms with van der Waals surface area (Å²) in [6.07, 6.45) is -1.73. The lowest BCUT2D eigenvalue weighted by atomic mass is 9.98. The van der Waals surface area contributed by atoms with Crippen LogP contribution in [0.5, 0.6) is 0 Å². The number of nitrogens with one attached hydrogen (secondary N) is 2. The van der Waals surface area contributed by atoms with Crippen LogP contribution in [0.3, 0.4) is 0 Å². The molecule has 0 bridgehead atoms. The fraction of sp³-hybridized carbons (Fsp3) is 0.125. The number of para-hydroxylation sites is 1. The van der Waals surface area contributed by atoms with Crippen molar-refractivity contribution in [3.8, 4) is 0 Å². The molecule has 4 amide bonds. The zero-order valence-electron chi connectivity index (χ0n) is 22.4. The summed E-state index contributed by atoms with van der Waals surface area (Å²) in [6, 6.07) is 30.3. The highest BCUT2D eigenvalue weighted by Crippen LogP contribution is 2.40. The summed E-state index contributed by atoms with van der Waals surface area (Å²) in [6.45, 7) is 0.525. The molecule has 210 valence electrons. The number of aliphatic imine (C=N–C) groups is 1. The topological polar surface area (TPSA) is 103 Å². The van der Waals surface area contributed by atoms with E-state index in [1.54, 1.807) is 35.2 Å². The first-order valence-electron chi connectivity index (χ1n) is 13.4. The highest BCUT2D eigenvalue weighted by molar-refractivity contribution is 6.30. The molecule has 42 heavy (non-hydrogen) atoms. The maximum absolute atomic E-state index is 13.9. The zero-order chi connectivity index (χ0) is 29.1. The van der Waals surface area contributed by atoms with Gasteiger partial charge in [0.15, 0.2) is 0 Å². The molecule has 0 radical (unpaired) electrons. The van der Waals surface area contributed by atoms with Gasteiger partial charge < -0.3 is 20.3 Å². The Morgan fingerprint density at radius 3 is 2.33 bits per heavy atom. The Balaban J connectivity index is 1.33. The minimum Gasteiger partial charge on any atom is -0.444 e. The first-order chi connectivity index (χ1) is 20.5. The van der Waals surface area contributed by atoms with Gasteiger partial charge in [0, 0.05) is 34.9 Å². The van der Waals surface area contributed by atoms with Gasteiger partial charge in [-0.25, -0.2) is 14.6 Å². The van der Waals surface area contributed by atoms with Crippen molar-refractivity contribution >= 4 is 52.4 Å². The van der Waals surface area contributed by atoms with Crippen LogP contribution in [-0.2, 0) is 16.1 Å². The van der Waals surface area contributed by atoms with E-state index in [9.17, 15) is 14.4 Å². The second-order valence-corrected chi connectivity index (χ2v) is 10.1. The number of ether oxygens (including phenoxy) is 1. The van der Waals surface area contributed by atoms with E-state index in [0.29, 0.717) is 33.4 Å². The van der Waals surface area contributed by atoms with Crippen molar-refractivity contribution in [1.82, 2.24) is 5.32 Å². The van der Waals surface area contributed by atoms with Crippen molar-refractivity contribution in [1.29, 1.82) is 0 Å². The Morgan fingerprint density at radius 1 is 0.881 bits per heavy atom. The van der Waals surface area contributed by atoms with Gasteiger partial charge in [-0.1, -0.05) is 84.4 Å². The number of hydrogen-bond acceptors (Lipinski definition) is 5. The summed E-state index contributed by atoms with van der Waals surface area (Å²) in [4.78, 5) is 48.1. The second-order valence-electron chi connectivity index (χ2n) is 9.71. The Bertz CT molecular complexity index is 1660. The van der Waals surface area contributed by atoms with Crippen LogP contribution < -0.4 is 20.4 Å². The molecule has 2 N–H and O–H groups in total. The van der Waals surface area contributed by atoms with Gasteiger partial charge in [0.05, 0.1) is 17.1 Å². The molecule has 2 aliphatic rings. The van der Waals surface area contributed by atoms with Gasteiger partial charge in [-0.3, -0.25) is 9.69 Å². The fourth-order valence-electron chi connectivity index (χ4n) is 5.01. The summed E-state index contributed by atoms with van der Waals surface area (Å²) in [5, 5.41) is 5.98. The molecule has 2 aliphatic heterocycles. The standard InChI is InChI=1S/C32H26ClN5O4/c33-23-14-16-24(17-15-23)34-31(40)36-29-30(39)38-19-18-37(32(41)42-20-21-8-3-1-4-9-21)26-13-7-12-25(28(26)38)27(35-29)22-10-5-2-6-11-22/h1-17,29H,18-20H2,(H2,34,36,40). The highest BCUT2D eigenvalue weighted by Gasteiger charge is 2.39. The van der Waals surface area contributed by atoms with Crippen molar-refractivity contribution in [2.45, 2.75) is 12.8 Å². The molecule has 4 aromatic rings. The van der Waals surface area contributed by atoms with Crippen molar-refractivity contribution in [2.75, 3.05) is 28.2 Å².